The fourth-order valence-electron chi connectivity index (χ4n) is 2.51. The molecule has 1 unspecified atom stereocenters. The highest BCUT2D eigenvalue weighted by atomic mass is 19.1. The van der Waals surface area contributed by atoms with Crippen molar-refractivity contribution in [3.8, 4) is 0 Å². The SMILES string of the molecule is C=CCOC(=O)C(F)C(=O)c1cc(F)c(N2CCN(C)CC2)c(F)c1. The van der Waals surface area contributed by atoms with E-state index in [1.54, 1.807) is 0 Å². The van der Waals surface area contributed by atoms with Crippen molar-refractivity contribution < 1.29 is 27.5 Å². The van der Waals surface area contributed by atoms with Crippen LogP contribution in [0.1, 0.15) is 10.4 Å². The zero-order valence-corrected chi connectivity index (χ0v) is 13.8. The van der Waals surface area contributed by atoms with Gasteiger partial charge in [0.2, 0.25) is 5.78 Å². The molecule has 0 saturated carbocycles. The van der Waals surface area contributed by atoms with Crippen molar-refractivity contribution in [2.75, 3.05) is 44.7 Å². The number of ketones is 1. The number of ether oxygens (including phenoxy) is 1. The van der Waals surface area contributed by atoms with Crippen LogP contribution >= 0.6 is 0 Å². The molecule has 0 aromatic heterocycles. The number of hydrogen-bond donors (Lipinski definition) is 0. The van der Waals surface area contributed by atoms with Gasteiger partial charge in [-0.3, -0.25) is 4.79 Å². The van der Waals surface area contributed by atoms with Crippen LogP contribution in [0.25, 0.3) is 0 Å². The average molecular weight is 356 g/mol. The maximum atomic E-state index is 14.3. The van der Waals surface area contributed by atoms with Crippen LogP contribution in [0.2, 0.25) is 0 Å². The Bertz CT molecular complexity index is 650. The lowest BCUT2D eigenvalue weighted by Crippen LogP contribution is -2.45. The van der Waals surface area contributed by atoms with Gasteiger partial charge in [0.1, 0.15) is 23.9 Å². The molecule has 1 aromatic carbocycles. The predicted molar refractivity (Wildman–Crippen MR) is 86.5 cm³/mol. The summed E-state index contributed by atoms with van der Waals surface area (Å²) in [5.74, 6) is -4.72. The van der Waals surface area contributed by atoms with E-state index in [1.165, 1.54) is 11.0 Å². The molecule has 0 bridgehead atoms. The van der Waals surface area contributed by atoms with Crippen molar-refractivity contribution in [3.63, 3.8) is 0 Å². The highest BCUT2D eigenvalue weighted by Gasteiger charge is 2.31. The van der Waals surface area contributed by atoms with Crippen LogP contribution in [0.4, 0.5) is 18.9 Å². The predicted octanol–water partition coefficient (Wildman–Crippen LogP) is 1.97. The molecule has 2 rings (SSSR count). The summed E-state index contributed by atoms with van der Waals surface area (Å²) in [6.07, 6.45) is -1.44. The smallest absolute Gasteiger partial charge is 0.349 e. The molecule has 25 heavy (non-hydrogen) atoms. The van der Waals surface area contributed by atoms with E-state index >= 15 is 0 Å². The second kappa shape index (κ2) is 8.15. The van der Waals surface area contributed by atoms with Crippen LogP contribution in [-0.4, -0.2) is 62.7 Å². The molecule has 0 spiro atoms. The summed E-state index contributed by atoms with van der Waals surface area (Å²) in [4.78, 5) is 26.8. The Balaban J connectivity index is 2.19. The van der Waals surface area contributed by atoms with E-state index in [2.05, 4.69) is 11.3 Å². The van der Waals surface area contributed by atoms with Crippen LogP contribution in [0, 0.1) is 11.6 Å². The van der Waals surface area contributed by atoms with Crippen LogP contribution < -0.4 is 4.90 Å². The van der Waals surface area contributed by atoms with Gasteiger partial charge < -0.3 is 14.5 Å². The van der Waals surface area contributed by atoms with E-state index in [4.69, 9.17) is 0 Å². The van der Waals surface area contributed by atoms with Gasteiger partial charge in [0.25, 0.3) is 6.17 Å². The lowest BCUT2D eigenvalue weighted by atomic mass is 10.1. The highest BCUT2D eigenvalue weighted by Crippen LogP contribution is 2.27. The molecule has 1 atom stereocenters. The maximum Gasteiger partial charge on any atom is 0.349 e. The molecule has 0 aliphatic carbocycles. The first-order chi connectivity index (χ1) is 11.8. The van der Waals surface area contributed by atoms with Gasteiger partial charge in [-0.2, -0.15) is 0 Å². The molecule has 5 nitrogen and oxygen atoms in total. The third kappa shape index (κ3) is 4.39. The molecule has 0 amide bonds. The molecule has 1 saturated heterocycles. The number of benzene rings is 1. The number of carbonyl (C=O) groups excluding carboxylic acids is 2. The van der Waals surface area contributed by atoms with Crippen molar-refractivity contribution in [3.05, 3.63) is 42.0 Å². The monoisotopic (exact) mass is 356 g/mol. The number of rotatable bonds is 6. The molecule has 136 valence electrons. The maximum absolute atomic E-state index is 14.3. The Morgan fingerprint density at radius 3 is 2.32 bits per heavy atom. The number of likely N-dealkylation sites (N-methyl/N-ethyl adjacent to an activating group) is 1. The number of Topliss-reactive ketones (excluding diaryl/α,β-unsaturated/α-hetero) is 1. The van der Waals surface area contributed by atoms with Crippen LogP contribution in [-0.2, 0) is 9.53 Å². The van der Waals surface area contributed by atoms with E-state index in [9.17, 15) is 22.8 Å². The summed E-state index contributed by atoms with van der Waals surface area (Å²) in [5, 5.41) is 0. The fraction of sp³-hybridized carbons (Fsp3) is 0.412. The minimum Gasteiger partial charge on any atom is -0.459 e. The standard InChI is InChI=1S/C17H19F3N2O3/c1-3-8-25-17(24)14(20)16(23)11-9-12(18)15(13(19)10-11)22-6-4-21(2)5-7-22/h3,9-10,14H,1,4-8H2,2H3. The Kier molecular flexibility index (Phi) is 6.19. The number of nitrogens with zero attached hydrogens (tertiary/aromatic N) is 2. The van der Waals surface area contributed by atoms with Gasteiger partial charge in [0.05, 0.1) is 0 Å². The van der Waals surface area contributed by atoms with Gasteiger partial charge in [0.15, 0.2) is 0 Å². The first-order valence-electron chi connectivity index (χ1n) is 7.73. The Hall–Kier alpha value is -2.35. The second-order valence-electron chi connectivity index (χ2n) is 5.72. The summed E-state index contributed by atoms with van der Waals surface area (Å²) in [6.45, 7) is 5.16. The summed E-state index contributed by atoms with van der Waals surface area (Å²) in [6, 6.07) is 1.48. The van der Waals surface area contributed by atoms with Crippen molar-refractivity contribution >= 4 is 17.4 Å². The van der Waals surface area contributed by atoms with Gasteiger partial charge in [-0.05, 0) is 19.2 Å². The van der Waals surface area contributed by atoms with Crippen LogP contribution in [0.15, 0.2) is 24.8 Å². The van der Waals surface area contributed by atoms with E-state index in [-0.39, 0.29) is 12.3 Å². The molecular weight excluding hydrogens is 337 g/mol. The van der Waals surface area contributed by atoms with Gasteiger partial charge in [-0.25, -0.2) is 18.0 Å². The number of anilines is 1. The van der Waals surface area contributed by atoms with E-state index in [1.807, 2.05) is 11.9 Å². The number of halogens is 3. The largest absolute Gasteiger partial charge is 0.459 e. The van der Waals surface area contributed by atoms with Gasteiger partial charge in [0, 0.05) is 31.7 Å². The number of hydrogen-bond acceptors (Lipinski definition) is 5. The molecular formula is C17H19F3N2O3. The molecule has 1 heterocycles. The first-order valence-corrected chi connectivity index (χ1v) is 7.73. The third-order valence-electron chi connectivity index (χ3n) is 3.90. The quantitative estimate of drug-likeness (QED) is 0.338. The first kappa shape index (κ1) is 19.0. The Morgan fingerprint density at radius 2 is 1.80 bits per heavy atom. The summed E-state index contributed by atoms with van der Waals surface area (Å²) in [5.41, 5.74) is -0.815. The van der Waals surface area contributed by atoms with Crippen molar-refractivity contribution in [2.24, 2.45) is 0 Å². The average Bonchev–Trinajstić information content (AvgIpc) is 2.59. The number of carbonyl (C=O) groups is 2. The van der Waals surface area contributed by atoms with Gasteiger partial charge in [-0.15, -0.1) is 0 Å². The fourth-order valence-corrected chi connectivity index (χ4v) is 2.51. The summed E-state index contributed by atoms with van der Waals surface area (Å²) in [7, 11) is 1.90. The molecule has 1 aliphatic heterocycles. The summed E-state index contributed by atoms with van der Waals surface area (Å²) < 4.78 is 46.9. The van der Waals surface area contributed by atoms with Gasteiger partial charge >= 0.3 is 5.97 Å². The lowest BCUT2D eigenvalue weighted by molar-refractivity contribution is -0.146. The van der Waals surface area contributed by atoms with E-state index in [0.29, 0.717) is 26.2 Å². The normalized spacial score (nSPS) is 16.4. The van der Waals surface area contributed by atoms with Crippen molar-refractivity contribution in [1.29, 1.82) is 0 Å². The van der Waals surface area contributed by atoms with E-state index in [0.717, 1.165) is 12.1 Å². The molecule has 0 N–H and O–H groups in total. The molecule has 0 radical (unpaired) electrons. The summed E-state index contributed by atoms with van der Waals surface area (Å²) >= 11 is 0. The van der Waals surface area contributed by atoms with Gasteiger partial charge in [-0.1, -0.05) is 12.7 Å². The zero-order valence-electron chi connectivity index (χ0n) is 13.8. The third-order valence-corrected chi connectivity index (χ3v) is 3.90. The number of alkyl halides is 1. The molecule has 8 heteroatoms. The second-order valence-corrected chi connectivity index (χ2v) is 5.72. The zero-order chi connectivity index (χ0) is 18.6. The minimum atomic E-state index is -2.65. The minimum absolute atomic E-state index is 0.255. The molecule has 1 fully saturated rings. The van der Waals surface area contributed by atoms with E-state index < -0.39 is 35.1 Å². The lowest BCUT2D eigenvalue weighted by Gasteiger charge is -2.34. The topological polar surface area (TPSA) is 49.9 Å². The molecule has 1 aromatic rings. The Labute approximate surface area is 143 Å². The van der Waals surface area contributed by atoms with Crippen LogP contribution in [0.3, 0.4) is 0 Å². The molecule has 1 aliphatic rings. The Morgan fingerprint density at radius 1 is 1.24 bits per heavy atom. The number of esters is 1. The van der Waals surface area contributed by atoms with Crippen molar-refractivity contribution in [2.45, 2.75) is 6.17 Å². The van der Waals surface area contributed by atoms with Crippen molar-refractivity contribution in [1.82, 2.24) is 4.90 Å². The number of piperazine rings is 1. The highest BCUT2D eigenvalue weighted by molar-refractivity contribution is 6.11. The van der Waals surface area contributed by atoms with Crippen LogP contribution in [0.5, 0.6) is 0 Å².